The summed E-state index contributed by atoms with van der Waals surface area (Å²) in [5, 5.41) is 22.7. The molecule has 204 valence electrons. The van der Waals surface area contributed by atoms with Crippen LogP contribution < -0.4 is 19.5 Å². The van der Waals surface area contributed by atoms with Crippen LogP contribution in [0.2, 0.25) is 0 Å². The number of aromatic hydroxyl groups is 1. The van der Waals surface area contributed by atoms with E-state index in [2.05, 4.69) is 10.1 Å². The van der Waals surface area contributed by atoms with Crippen LogP contribution in [0.1, 0.15) is 41.6 Å². The van der Waals surface area contributed by atoms with Crippen LogP contribution in [0.25, 0.3) is 6.08 Å². The van der Waals surface area contributed by atoms with Crippen molar-refractivity contribution in [3.63, 3.8) is 0 Å². The summed E-state index contributed by atoms with van der Waals surface area (Å²) in [6.45, 7) is -0.237. The van der Waals surface area contributed by atoms with Crippen LogP contribution in [-0.4, -0.2) is 69.1 Å². The van der Waals surface area contributed by atoms with Gasteiger partial charge in [0.25, 0.3) is 0 Å². The van der Waals surface area contributed by atoms with Crippen molar-refractivity contribution in [3.05, 3.63) is 53.1 Å². The van der Waals surface area contributed by atoms with E-state index in [1.807, 2.05) is 0 Å². The number of fused-ring (bicyclic) bond motifs is 1. The van der Waals surface area contributed by atoms with Gasteiger partial charge >= 0.3 is 11.9 Å². The molecule has 2 aromatic carbocycles. The first kappa shape index (κ1) is 28.3. The van der Waals surface area contributed by atoms with Crippen LogP contribution in [0, 0.1) is 0 Å². The first-order valence-electron chi connectivity index (χ1n) is 11.8. The second kappa shape index (κ2) is 12.8. The Morgan fingerprint density at radius 3 is 2.42 bits per heavy atom. The summed E-state index contributed by atoms with van der Waals surface area (Å²) in [6, 6.07) is 7.24. The third-order valence-corrected chi connectivity index (χ3v) is 6.16. The molecule has 1 aliphatic heterocycles. The minimum atomic E-state index is -1.03. The van der Waals surface area contributed by atoms with E-state index in [9.17, 15) is 24.6 Å². The van der Waals surface area contributed by atoms with E-state index < -0.39 is 35.9 Å². The molecule has 3 N–H and O–H groups in total. The third kappa shape index (κ3) is 6.35. The number of carbonyl (C=O) groups excluding carboxylic acids is 3. The van der Waals surface area contributed by atoms with Crippen molar-refractivity contribution in [2.24, 2.45) is 0 Å². The van der Waals surface area contributed by atoms with Crippen molar-refractivity contribution in [3.8, 4) is 23.0 Å². The van der Waals surface area contributed by atoms with Crippen molar-refractivity contribution in [1.29, 1.82) is 0 Å². The first-order valence-corrected chi connectivity index (χ1v) is 11.8. The average Bonchev–Trinajstić information content (AvgIpc) is 3.31. The number of ether oxygens (including phenoxy) is 5. The molecule has 1 heterocycles. The number of methoxy groups -OCH3 is 4. The molecule has 0 radical (unpaired) electrons. The monoisotopic (exact) mass is 529 g/mol. The fourth-order valence-corrected chi connectivity index (χ4v) is 4.18. The van der Waals surface area contributed by atoms with Gasteiger partial charge in [0.05, 0.1) is 41.0 Å². The number of aliphatic hydroxyl groups excluding tert-OH is 1. The largest absolute Gasteiger partial charge is 0.504 e. The van der Waals surface area contributed by atoms with E-state index in [4.69, 9.17) is 18.9 Å². The van der Waals surface area contributed by atoms with Gasteiger partial charge in [-0.25, -0.2) is 4.79 Å². The molecule has 0 fully saturated rings. The van der Waals surface area contributed by atoms with Gasteiger partial charge in [-0.3, -0.25) is 9.59 Å². The highest BCUT2D eigenvalue weighted by molar-refractivity contribution is 5.94. The molecule has 2 aromatic rings. The molecule has 0 saturated heterocycles. The molecule has 3 rings (SSSR count). The van der Waals surface area contributed by atoms with Crippen molar-refractivity contribution in [2.45, 2.75) is 30.9 Å². The van der Waals surface area contributed by atoms with Gasteiger partial charge in [0, 0.05) is 18.1 Å². The zero-order valence-corrected chi connectivity index (χ0v) is 21.6. The summed E-state index contributed by atoms with van der Waals surface area (Å²) in [5.74, 6) is -1.12. The summed E-state index contributed by atoms with van der Waals surface area (Å²) >= 11 is 0. The number of nitrogens with one attached hydrogen (secondary N) is 1. The molecule has 38 heavy (non-hydrogen) atoms. The Morgan fingerprint density at radius 1 is 1.05 bits per heavy atom. The number of phenols is 1. The van der Waals surface area contributed by atoms with E-state index in [-0.39, 0.29) is 30.9 Å². The number of amides is 1. The van der Waals surface area contributed by atoms with E-state index in [0.717, 1.165) is 0 Å². The number of benzene rings is 2. The van der Waals surface area contributed by atoms with Gasteiger partial charge < -0.3 is 39.2 Å². The van der Waals surface area contributed by atoms with Crippen molar-refractivity contribution in [1.82, 2.24) is 5.32 Å². The van der Waals surface area contributed by atoms with Crippen molar-refractivity contribution in [2.75, 3.05) is 35.0 Å². The molecule has 0 aromatic heterocycles. The predicted octanol–water partition coefficient (Wildman–Crippen LogP) is 2.24. The number of carbonyl (C=O) groups is 3. The minimum Gasteiger partial charge on any atom is -0.504 e. The maximum absolute atomic E-state index is 12.5. The van der Waals surface area contributed by atoms with Crippen LogP contribution in [-0.2, 0) is 23.9 Å². The van der Waals surface area contributed by atoms with Crippen LogP contribution in [0.5, 0.6) is 23.0 Å². The zero-order chi connectivity index (χ0) is 27.8. The number of esters is 2. The standard InChI is InChI=1S/C27H31NO10/c1-34-21-13-16(6-8-20(21)30)25-18(14-29)17-11-15(12-22(35-2)26(17)38-25)5-9-23(31)28-19(27(33)37-4)7-10-24(32)36-3/h5-6,8-9,11-13,18-19,25,29-30H,7,10,14H2,1-4H3,(H,28,31)/b9-5+/t18-,19-,25+/m1/s1. The van der Waals surface area contributed by atoms with Gasteiger partial charge in [-0.15, -0.1) is 0 Å². The van der Waals surface area contributed by atoms with E-state index in [0.29, 0.717) is 28.2 Å². The number of hydrogen-bond acceptors (Lipinski definition) is 10. The van der Waals surface area contributed by atoms with Gasteiger partial charge in [0.2, 0.25) is 5.91 Å². The summed E-state index contributed by atoms with van der Waals surface area (Å²) in [5.41, 5.74) is 1.95. The van der Waals surface area contributed by atoms with Crippen LogP contribution >= 0.6 is 0 Å². The Balaban J connectivity index is 1.83. The number of phenolic OH excluding ortho intramolecular Hbond substituents is 1. The lowest BCUT2D eigenvalue weighted by atomic mass is 9.90. The second-order valence-corrected chi connectivity index (χ2v) is 8.43. The SMILES string of the molecule is COC(=O)CC[C@@H](NC(=O)/C=C/c1cc(OC)c2c(c1)[C@@H](CO)[C@H](c1ccc(O)c(OC)c1)O2)C(=O)OC. The highest BCUT2D eigenvalue weighted by atomic mass is 16.5. The molecule has 0 bridgehead atoms. The number of hydrogen-bond donors (Lipinski definition) is 3. The highest BCUT2D eigenvalue weighted by Gasteiger charge is 2.38. The zero-order valence-electron chi connectivity index (χ0n) is 21.6. The molecular formula is C27H31NO10. The Kier molecular flexibility index (Phi) is 9.55. The van der Waals surface area contributed by atoms with E-state index in [1.165, 1.54) is 46.7 Å². The molecule has 11 heteroatoms. The smallest absolute Gasteiger partial charge is 0.328 e. The Morgan fingerprint density at radius 2 is 1.79 bits per heavy atom. The number of aliphatic hydroxyl groups is 1. The summed E-state index contributed by atoms with van der Waals surface area (Å²) < 4.78 is 26.2. The lowest BCUT2D eigenvalue weighted by Crippen LogP contribution is -2.41. The molecule has 0 spiro atoms. The Bertz CT molecular complexity index is 1210. The van der Waals surface area contributed by atoms with Crippen molar-refractivity contribution < 1.29 is 48.3 Å². The Hall–Kier alpha value is -4.25. The third-order valence-electron chi connectivity index (χ3n) is 6.16. The maximum Gasteiger partial charge on any atom is 0.328 e. The minimum absolute atomic E-state index is 0.0182. The van der Waals surface area contributed by atoms with Crippen LogP contribution in [0.3, 0.4) is 0 Å². The van der Waals surface area contributed by atoms with Gasteiger partial charge in [0.1, 0.15) is 12.1 Å². The quantitative estimate of drug-likeness (QED) is 0.292. The molecule has 3 atom stereocenters. The molecule has 1 aliphatic rings. The average molecular weight is 530 g/mol. The molecule has 0 saturated carbocycles. The first-order chi connectivity index (χ1) is 18.3. The fourth-order valence-electron chi connectivity index (χ4n) is 4.18. The van der Waals surface area contributed by atoms with E-state index in [1.54, 1.807) is 24.3 Å². The van der Waals surface area contributed by atoms with Crippen molar-refractivity contribution >= 4 is 23.9 Å². The van der Waals surface area contributed by atoms with Gasteiger partial charge in [-0.2, -0.15) is 0 Å². The fraction of sp³-hybridized carbons (Fsp3) is 0.370. The van der Waals surface area contributed by atoms with Gasteiger partial charge in [-0.1, -0.05) is 6.07 Å². The molecule has 0 unspecified atom stereocenters. The molecule has 11 nitrogen and oxygen atoms in total. The second-order valence-electron chi connectivity index (χ2n) is 8.43. The van der Waals surface area contributed by atoms with Gasteiger partial charge in [-0.05, 0) is 47.9 Å². The number of rotatable bonds is 11. The lowest BCUT2D eigenvalue weighted by molar-refractivity contribution is -0.146. The molecule has 1 amide bonds. The van der Waals surface area contributed by atoms with E-state index >= 15 is 0 Å². The Labute approximate surface area is 219 Å². The van der Waals surface area contributed by atoms with Gasteiger partial charge in [0.15, 0.2) is 23.0 Å². The predicted molar refractivity (Wildman–Crippen MR) is 135 cm³/mol. The van der Waals surface area contributed by atoms with Crippen LogP contribution in [0.15, 0.2) is 36.4 Å². The molecular weight excluding hydrogens is 498 g/mol. The molecule has 0 aliphatic carbocycles. The lowest BCUT2D eigenvalue weighted by Gasteiger charge is -2.18. The highest BCUT2D eigenvalue weighted by Crippen LogP contribution is 2.51. The maximum atomic E-state index is 12.5. The summed E-state index contributed by atoms with van der Waals surface area (Å²) in [6.07, 6.45) is 2.14. The summed E-state index contributed by atoms with van der Waals surface area (Å²) in [4.78, 5) is 36.0. The van der Waals surface area contributed by atoms with Crippen LogP contribution in [0.4, 0.5) is 0 Å². The topological polar surface area (TPSA) is 150 Å². The summed E-state index contributed by atoms with van der Waals surface area (Å²) in [7, 11) is 5.34. The normalized spacial score (nSPS) is 16.8.